The molecule has 0 unspecified atom stereocenters. The van der Waals surface area contributed by atoms with Crippen LogP contribution in [0.5, 0.6) is 0 Å². The molecule has 0 aromatic carbocycles. The van der Waals surface area contributed by atoms with Gasteiger partial charge in [-0.05, 0) is 29.9 Å². The van der Waals surface area contributed by atoms with E-state index in [1.165, 1.54) is 21.7 Å². The van der Waals surface area contributed by atoms with Crippen LogP contribution in [0.25, 0.3) is 0 Å². The number of nitrogens with zero attached hydrogens (tertiary/aromatic N) is 2. The van der Waals surface area contributed by atoms with Crippen molar-refractivity contribution >= 4 is 17.6 Å². The molecule has 0 radical (unpaired) electrons. The molecule has 1 fully saturated rings. The average Bonchev–Trinajstić information content (AvgIpc) is 2.79. The van der Waals surface area contributed by atoms with E-state index in [1.807, 2.05) is 6.92 Å². The monoisotopic (exact) mass is 348 g/mol. The minimum atomic E-state index is -0.421. The number of rotatable bonds is 4. The summed E-state index contributed by atoms with van der Waals surface area (Å²) in [5.41, 5.74) is -0.726. The van der Waals surface area contributed by atoms with Crippen molar-refractivity contribution in [3.8, 4) is 0 Å². The number of urea groups is 1. The Balaban J connectivity index is 2.13. The first-order chi connectivity index (χ1) is 11.3. The molecule has 138 valence electrons. The lowest BCUT2D eigenvalue weighted by Gasteiger charge is -2.19. The number of nitrogens with one attached hydrogen (secondary N) is 2. The highest BCUT2D eigenvalue weighted by molar-refractivity contribution is 5.90. The molecule has 1 aliphatic carbocycles. The van der Waals surface area contributed by atoms with Crippen LogP contribution in [0.2, 0.25) is 0 Å². The number of pyridine rings is 1. The zero-order valence-electron chi connectivity index (χ0n) is 16.1. The number of amides is 3. The van der Waals surface area contributed by atoms with E-state index < -0.39 is 11.6 Å². The standard InChI is InChI=1S/C18H28N4O3/c1-16(2)17(3,4)18(16,5)20-15(25)19-12-9-8-10-22(14(12)24)11-13(23)21(6)7/h8-10H,11H2,1-7H3,(H2,19,20,25). The van der Waals surface area contributed by atoms with E-state index in [-0.39, 0.29) is 34.5 Å². The Hall–Kier alpha value is -2.31. The Morgan fingerprint density at radius 3 is 2.16 bits per heavy atom. The Morgan fingerprint density at radius 1 is 1.12 bits per heavy atom. The fourth-order valence-electron chi connectivity index (χ4n) is 3.33. The zero-order chi connectivity index (χ0) is 19.2. The van der Waals surface area contributed by atoms with E-state index in [0.717, 1.165) is 0 Å². The van der Waals surface area contributed by atoms with Gasteiger partial charge in [0.2, 0.25) is 5.91 Å². The molecule has 2 rings (SSSR count). The summed E-state index contributed by atoms with van der Waals surface area (Å²) in [5.74, 6) is -0.197. The second-order valence-corrected chi connectivity index (χ2v) is 8.10. The van der Waals surface area contributed by atoms with E-state index in [1.54, 1.807) is 20.2 Å². The van der Waals surface area contributed by atoms with Crippen molar-refractivity contribution in [2.24, 2.45) is 10.8 Å². The van der Waals surface area contributed by atoms with Crippen molar-refractivity contribution in [3.05, 3.63) is 28.7 Å². The van der Waals surface area contributed by atoms with E-state index >= 15 is 0 Å². The highest BCUT2D eigenvalue weighted by Gasteiger charge is 2.75. The summed E-state index contributed by atoms with van der Waals surface area (Å²) in [4.78, 5) is 38.1. The predicted octanol–water partition coefficient (Wildman–Crippen LogP) is 1.88. The predicted molar refractivity (Wildman–Crippen MR) is 97.5 cm³/mol. The highest BCUT2D eigenvalue weighted by Crippen LogP contribution is 2.70. The number of carbonyl (C=O) groups is 2. The van der Waals surface area contributed by atoms with E-state index in [0.29, 0.717) is 0 Å². The molecule has 0 atom stereocenters. The quantitative estimate of drug-likeness (QED) is 0.871. The number of hydrogen-bond donors (Lipinski definition) is 2. The van der Waals surface area contributed by atoms with Gasteiger partial charge in [0.05, 0.1) is 5.54 Å². The molecule has 1 heterocycles. The SMILES string of the molecule is CN(C)C(=O)Cn1cccc(NC(=O)NC2(C)C(C)(C)C2(C)C)c1=O. The molecular weight excluding hydrogens is 320 g/mol. The summed E-state index contributed by atoms with van der Waals surface area (Å²) in [6.45, 7) is 10.4. The molecule has 0 spiro atoms. The molecule has 7 nitrogen and oxygen atoms in total. The number of carbonyl (C=O) groups excluding carboxylic acids is 2. The molecule has 3 amide bonds. The normalized spacial score (nSPS) is 19.0. The van der Waals surface area contributed by atoms with Crippen molar-refractivity contribution < 1.29 is 9.59 Å². The van der Waals surface area contributed by atoms with Gasteiger partial charge in [-0.2, -0.15) is 0 Å². The molecule has 1 aliphatic rings. The highest BCUT2D eigenvalue weighted by atomic mass is 16.2. The van der Waals surface area contributed by atoms with Gasteiger partial charge >= 0.3 is 6.03 Å². The summed E-state index contributed by atoms with van der Waals surface area (Å²) in [6.07, 6.45) is 1.53. The van der Waals surface area contributed by atoms with Gasteiger partial charge in [0.15, 0.2) is 0 Å². The third kappa shape index (κ3) is 2.92. The second kappa shape index (κ2) is 5.89. The van der Waals surface area contributed by atoms with Crippen molar-refractivity contribution in [2.45, 2.75) is 46.7 Å². The smallest absolute Gasteiger partial charge is 0.319 e. The Morgan fingerprint density at radius 2 is 1.68 bits per heavy atom. The molecule has 1 aromatic heterocycles. The number of aromatic nitrogens is 1. The topological polar surface area (TPSA) is 83.4 Å². The first-order valence-electron chi connectivity index (χ1n) is 8.34. The first kappa shape index (κ1) is 19.0. The molecule has 0 saturated heterocycles. The van der Waals surface area contributed by atoms with Gasteiger partial charge in [-0.3, -0.25) is 9.59 Å². The van der Waals surface area contributed by atoms with Gasteiger partial charge < -0.3 is 20.1 Å². The van der Waals surface area contributed by atoms with Crippen LogP contribution < -0.4 is 16.2 Å². The lowest BCUT2D eigenvalue weighted by atomic mass is 10.0. The summed E-state index contributed by atoms with van der Waals surface area (Å²) >= 11 is 0. The van der Waals surface area contributed by atoms with E-state index in [4.69, 9.17) is 0 Å². The number of hydrogen-bond acceptors (Lipinski definition) is 3. The Bertz CT molecular complexity index is 748. The molecule has 1 saturated carbocycles. The maximum absolute atomic E-state index is 12.4. The zero-order valence-corrected chi connectivity index (χ0v) is 16.1. The van der Waals surface area contributed by atoms with Crippen LogP contribution in [0, 0.1) is 10.8 Å². The van der Waals surface area contributed by atoms with Crippen LogP contribution in [0.1, 0.15) is 34.6 Å². The Labute approximate surface area is 148 Å². The maximum atomic E-state index is 12.4. The van der Waals surface area contributed by atoms with Gasteiger partial charge in [-0.1, -0.05) is 27.7 Å². The van der Waals surface area contributed by atoms with Crippen molar-refractivity contribution in [3.63, 3.8) is 0 Å². The molecule has 0 aliphatic heterocycles. The second-order valence-electron chi connectivity index (χ2n) is 8.10. The molecule has 1 aromatic rings. The van der Waals surface area contributed by atoms with Crippen molar-refractivity contribution in [2.75, 3.05) is 19.4 Å². The maximum Gasteiger partial charge on any atom is 0.319 e. The average molecular weight is 348 g/mol. The summed E-state index contributed by atoms with van der Waals surface area (Å²) in [5, 5.41) is 5.61. The van der Waals surface area contributed by atoms with Crippen LogP contribution >= 0.6 is 0 Å². The number of likely N-dealkylation sites (N-methyl/N-ethyl adjacent to an activating group) is 1. The third-order valence-corrected chi connectivity index (χ3v) is 6.44. The lowest BCUT2D eigenvalue weighted by molar-refractivity contribution is -0.129. The first-order valence-corrected chi connectivity index (χ1v) is 8.34. The lowest BCUT2D eigenvalue weighted by Crippen LogP contribution is -2.43. The number of anilines is 1. The third-order valence-electron chi connectivity index (χ3n) is 6.44. The minimum absolute atomic E-state index is 0.0492. The van der Waals surface area contributed by atoms with Crippen LogP contribution in [0.15, 0.2) is 23.1 Å². The van der Waals surface area contributed by atoms with Crippen molar-refractivity contribution in [1.82, 2.24) is 14.8 Å². The molecule has 2 N–H and O–H groups in total. The van der Waals surface area contributed by atoms with E-state index in [2.05, 4.69) is 38.3 Å². The van der Waals surface area contributed by atoms with E-state index in [9.17, 15) is 14.4 Å². The van der Waals surface area contributed by atoms with Crippen LogP contribution in [0.4, 0.5) is 10.5 Å². The summed E-state index contributed by atoms with van der Waals surface area (Å²) < 4.78 is 1.28. The molecule has 0 bridgehead atoms. The minimum Gasteiger partial charge on any atom is -0.347 e. The Kier molecular flexibility index (Phi) is 4.48. The molecular formula is C18H28N4O3. The largest absolute Gasteiger partial charge is 0.347 e. The fourth-order valence-corrected chi connectivity index (χ4v) is 3.33. The fraction of sp³-hybridized carbons (Fsp3) is 0.611. The van der Waals surface area contributed by atoms with Gasteiger partial charge in [0, 0.05) is 20.3 Å². The summed E-state index contributed by atoms with van der Waals surface area (Å²) in [7, 11) is 3.26. The van der Waals surface area contributed by atoms with Gasteiger partial charge in [-0.25, -0.2) is 4.79 Å². The van der Waals surface area contributed by atoms with Crippen molar-refractivity contribution in [1.29, 1.82) is 0 Å². The van der Waals surface area contributed by atoms with Gasteiger partial charge in [0.25, 0.3) is 5.56 Å². The van der Waals surface area contributed by atoms with Crippen LogP contribution in [-0.4, -0.2) is 41.0 Å². The molecule has 25 heavy (non-hydrogen) atoms. The molecule has 7 heteroatoms. The summed E-state index contributed by atoms with van der Waals surface area (Å²) in [6, 6.07) is 2.74. The van der Waals surface area contributed by atoms with Gasteiger partial charge in [-0.15, -0.1) is 0 Å². The van der Waals surface area contributed by atoms with Gasteiger partial charge in [0.1, 0.15) is 12.2 Å². The van der Waals surface area contributed by atoms with Crippen LogP contribution in [0.3, 0.4) is 0 Å². The van der Waals surface area contributed by atoms with Crippen LogP contribution in [-0.2, 0) is 11.3 Å².